The molecule has 0 atom stereocenters. The quantitative estimate of drug-likeness (QED) is 0.254. The number of piperidine rings is 1. The number of aromatic nitrogens is 3. The number of nitrogens with zero attached hydrogens (tertiary/aromatic N) is 6. The van der Waals surface area contributed by atoms with Crippen molar-refractivity contribution in [2.75, 3.05) is 41.9 Å². The summed E-state index contributed by atoms with van der Waals surface area (Å²) in [6.45, 7) is 2.88. The van der Waals surface area contributed by atoms with Gasteiger partial charge in [-0.1, -0.05) is 34.7 Å². The lowest BCUT2D eigenvalue weighted by molar-refractivity contribution is 0.0782. The predicted molar refractivity (Wildman–Crippen MR) is 144 cm³/mol. The fourth-order valence-electron chi connectivity index (χ4n) is 4.66. The summed E-state index contributed by atoms with van der Waals surface area (Å²) < 4.78 is 3.10. The van der Waals surface area contributed by atoms with Crippen LogP contribution in [0.1, 0.15) is 40.4 Å². The van der Waals surface area contributed by atoms with Crippen molar-refractivity contribution in [2.24, 2.45) is 0 Å². The molecular weight excluding hydrogens is 555 g/mol. The molecular formula is C25H27IN8O. The van der Waals surface area contributed by atoms with Gasteiger partial charge in [-0.25, -0.2) is 4.98 Å². The number of rotatable bonds is 6. The van der Waals surface area contributed by atoms with Crippen LogP contribution >= 0.6 is 22.6 Å². The molecule has 2 aliphatic heterocycles. The Morgan fingerprint density at radius 1 is 1.17 bits per heavy atom. The molecule has 3 aromatic rings. The zero-order valence-corrected chi connectivity index (χ0v) is 21.7. The van der Waals surface area contributed by atoms with Crippen molar-refractivity contribution in [3.63, 3.8) is 0 Å². The van der Waals surface area contributed by atoms with Crippen LogP contribution < -0.4 is 10.6 Å². The van der Waals surface area contributed by atoms with Crippen molar-refractivity contribution in [1.82, 2.24) is 24.6 Å². The van der Waals surface area contributed by atoms with Crippen LogP contribution in [0, 0.1) is 11.3 Å². The van der Waals surface area contributed by atoms with Gasteiger partial charge in [-0.15, -0.1) is 0 Å². The molecule has 0 spiro atoms. The standard InChI is InChI=1S/C25H27IN8O/c1-32-8-5-17-3-2-4-21(24(17)25(32)35)31-22-11-23(28-13-18(22)12-27)30-19-14-29-34(15-19)20-6-9-33(16-26)10-7-20/h2-4,11,13-15,20H,5-10,16H2,1H3,(H2,28,30,31). The molecule has 2 N–H and O–H groups in total. The van der Waals surface area contributed by atoms with Crippen LogP contribution in [0.5, 0.6) is 0 Å². The molecule has 0 saturated carbocycles. The molecule has 35 heavy (non-hydrogen) atoms. The van der Waals surface area contributed by atoms with E-state index in [0.717, 1.165) is 48.2 Å². The number of anilines is 4. The summed E-state index contributed by atoms with van der Waals surface area (Å²) in [6.07, 6.45) is 8.34. The van der Waals surface area contributed by atoms with Crippen LogP contribution in [0.25, 0.3) is 0 Å². The van der Waals surface area contributed by atoms with Gasteiger partial charge in [-0.2, -0.15) is 10.4 Å². The Hall–Kier alpha value is -3.17. The summed E-state index contributed by atoms with van der Waals surface area (Å²) in [4.78, 5) is 21.4. The molecule has 2 aliphatic rings. The molecule has 180 valence electrons. The average molecular weight is 582 g/mol. The maximum Gasteiger partial charge on any atom is 0.255 e. The van der Waals surface area contributed by atoms with Crippen molar-refractivity contribution in [1.29, 1.82) is 5.26 Å². The number of nitriles is 1. The van der Waals surface area contributed by atoms with Gasteiger partial charge in [-0.3, -0.25) is 14.4 Å². The van der Waals surface area contributed by atoms with Crippen LogP contribution in [0.2, 0.25) is 0 Å². The van der Waals surface area contributed by atoms with E-state index in [0.29, 0.717) is 40.9 Å². The van der Waals surface area contributed by atoms with E-state index in [2.05, 4.69) is 54.3 Å². The molecule has 5 rings (SSSR count). The molecule has 0 unspecified atom stereocenters. The first-order valence-electron chi connectivity index (χ1n) is 11.7. The number of carbonyl (C=O) groups excluding carboxylic acids is 1. The largest absolute Gasteiger partial charge is 0.354 e. The molecule has 1 fully saturated rings. The number of carbonyl (C=O) groups is 1. The minimum absolute atomic E-state index is 0.0167. The molecule has 1 aromatic carbocycles. The first-order valence-corrected chi connectivity index (χ1v) is 13.2. The summed E-state index contributed by atoms with van der Waals surface area (Å²) in [5, 5.41) is 20.8. The lowest BCUT2D eigenvalue weighted by Gasteiger charge is -2.30. The van der Waals surface area contributed by atoms with E-state index >= 15 is 0 Å². The van der Waals surface area contributed by atoms with Gasteiger partial charge in [0.15, 0.2) is 0 Å². The molecule has 0 aliphatic carbocycles. The van der Waals surface area contributed by atoms with Crippen molar-refractivity contribution >= 4 is 51.4 Å². The van der Waals surface area contributed by atoms with Gasteiger partial charge >= 0.3 is 0 Å². The van der Waals surface area contributed by atoms with Crippen LogP contribution in [0.15, 0.2) is 42.9 Å². The molecule has 1 amide bonds. The molecule has 9 nitrogen and oxygen atoms in total. The summed E-state index contributed by atoms with van der Waals surface area (Å²) in [5.74, 6) is 0.580. The number of benzene rings is 1. The third-order valence-corrected chi connectivity index (χ3v) is 7.66. The first kappa shape index (κ1) is 23.6. The van der Waals surface area contributed by atoms with E-state index < -0.39 is 0 Å². The zero-order chi connectivity index (χ0) is 24.4. The number of likely N-dealkylation sites (N-methyl/N-ethyl adjacent to an activating group) is 1. The molecule has 10 heteroatoms. The Balaban J connectivity index is 1.35. The van der Waals surface area contributed by atoms with Gasteiger partial charge in [0.25, 0.3) is 5.91 Å². The molecule has 1 saturated heterocycles. The Labute approximate surface area is 218 Å². The van der Waals surface area contributed by atoms with Gasteiger partial charge in [0.2, 0.25) is 0 Å². The lowest BCUT2D eigenvalue weighted by Crippen LogP contribution is -2.34. The van der Waals surface area contributed by atoms with Crippen molar-refractivity contribution < 1.29 is 4.79 Å². The van der Waals surface area contributed by atoms with E-state index in [4.69, 9.17) is 0 Å². The first-order chi connectivity index (χ1) is 17.1. The number of likely N-dealkylation sites (tertiary alicyclic amines) is 1. The van der Waals surface area contributed by atoms with Gasteiger partial charge in [0, 0.05) is 45.1 Å². The van der Waals surface area contributed by atoms with Crippen LogP contribution in [-0.2, 0) is 6.42 Å². The summed E-state index contributed by atoms with van der Waals surface area (Å²) in [5.41, 5.74) is 4.21. The van der Waals surface area contributed by atoms with E-state index in [1.54, 1.807) is 17.2 Å². The molecule has 2 aromatic heterocycles. The summed E-state index contributed by atoms with van der Waals surface area (Å²) in [7, 11) is 1.81. The number of fused-ring (bicyclic) bond motifs is 1. The lowest BCUT2D eigenvalue weighted by atomic mass is 9.97. The van der Waals surface area contributed by atoms with Crippen molar-refractivity contribution in [3.8, 4) is 6.07 Å². The SMILES string of the molecule is CN1CCc2cccc(Nc3cc(Nc4cnn(C5CCN(CI)CC5)c4)ncc3C#N)c2C1=O. The highest BCUT2D eigenvalue weighted by Gasteiger charge is 2.25. The monoisotopic (exact) mass is 582 g/mol. The third-order valence-electron chi connectivity index (χ3n) is 6.70. The number of hydrogen-bond acceptors (Lipinski definition) is 7. The number of nitrogens with one attached hydrogen (secondary N) is 2. The highest BCUT2D eigenvalue weighted by Crippen LogP contribution is 2.31. The minimum Gasteiger partial charge on any atom is -0.354 e. The highest BCUT2D eigenvalue weighted by atomic mass is 127. The topological polar surface area (TPSA) is 102 Å². The fraction of sp³-hybridized carbons (Fsp3) is 0.360. The third kappa shape index (κ3) is 4.97. The number of hydrogen-bond donors (Lipinski definition) is 2. The van der Waals surface area contributed by atoms with Crippen molar-refractivity contribution in [3.05, 3.63) is 59.5 Å². The Kier molecular flexibility index (Phi) is 6.88. The van der Waals surface area contributed by atoms with Crippen LogP contribution in [0.4, 0.5) is 22.9 Å². The zero-order valence-electron chi connectivity index (χ0n) is 19.5. The van der Waals surface area contributed by atoms with Gasteiger partial charge in [0.1, 0.15) is 11.9 Å². The second-order valence-corrected chi connectivity index (χ2v) is 9.65. The Bertz CT molecular complexity index is 1270. The number of halogens is 1. The van der Waals surface area contributed by atoms with E-state index in [9.17, 15) is 10.1 Å². The normalized spacial score (nSPS) is 16.6. The summed E-state index contributed by atoms with van der Waals surface area (Å²) in [6, 6.07) is 10.2. The average Bonchev–Trinajstić information content (AvgIpc) is 3.35. The summed E-state index contributed by atoms with van der Waals surface area (Å²) >= 11 is 2.41. The molecule has 0 bridgehead atoms. The van der Waals surface area contributed by atoms with E-state index in [1.807, 2.05) is 36.1 Å². The minimum atomic E-state index is -0.0167. The molecule has 4 heterocycles. The Morgan fingerprint density at radius 3 is 2.77 bits per heavy atom. The van der Waals surface area contributed by atoms with Gasteiger partial charge in [0.05, 0.1) is 45.0 Å². The fourth-order valence-corrected chi connectivity index (χ4v) is 5.34. The second kappa shape index (κ2) is 10.2. The van der Waals surface area contributed by atoms with Crippen molar-refractivity contribution in [2.45, 2.75) is 25.3 Å². The smallest absolute Gasteiger partial charge is 0.255 e. The maximum atomic E-state index is 12.8. The Morgan fingerprint density at radius 2 is 2.00 bits per heavy atom. The number of amides is 1. The van der Waals surface area contributed by atoms with Crippen LogP contribution in [-0.4, -0.2) is 61.7 Å². The van der Waals surface area contributed by atoms with Gasteiger partial charge in [-0.05, 0) is 30.9 Å². The number of pyridine rings is 1. The molecule has 0 radical (unpaired) electrons. The van der Waals surface area contributed by atoms with Crippen LogP contribution in [0.3, 0.4) is 0 Å². The highest BCUT2D eigenvalue weighted by molar-refractivity contribution is 14.1. The number of alkyl halides is 1. The van der Waals surface area contributed by atoms with Gasteiger partial charge < -0.3 is 15.5 Å². The maximum absolute atomic E-state index is 12.8. The van der Waals surface area contributed by atoms with E-state index in [-0.39, 0.29) is 5.91 Å². The van der Waals surface area contributed by atoms with E-state index in [1.165, 1.54) is 6.20 Å². The predicted octanol–water partition coefficient (Wildman–Crippen LogP) is 4.29. The second-order valence-electron chi connectivity index (χ2n) is 8.97.